The second-order valence-electron chi connectivity index (χ2n) is 6.09. The minimum Gasteiger partial charge on any atom is -0.0622 e. The monoisotopic (exact) mass is 308 g/mol. The molecule has 0 heteroatoms. The summed E-state index contributed by atoms with van der Waals surface area (Å²) in [5.41, 5.74) is 6.68. The summed E-state index contributed by atoms with van der Waals surface area (Å²) in [6.45, 7) is 2.24. The van der Waals surface area contributed by atoms with Gasteiger partial charge in [-0.1, -0.05) is 97.9 Å². The zero-order valence-electron chi connectivity index (χ0n) is 13.9. The zero-order valence-corrected chi connectivity index (χ0v) is 13.9. The van der Waals surface area contributed by atoms with E-state index in [1.165, 1.54) is 38.6 Å². The average Bonchev–Trinajstić information content (AvgIpc) is 2.67. The molecular weight excluding hydrogens is 288 g/mol. The van der Waals surface area contributed by atoms with Crippen LogP contribution in [-0.2, 0) is 6.42 Å². The van der Waals surface area contributed by atoms with Gasteiger partial charge in [0, 0.05) is 0 Å². The van der Waals surface area contributed by atoms with Gasteiger partial charge < -0.3 is 0 Å². The van der Waals surface area contributed by atoms with Crippen LogP contribution < -0.4 is 0 Å². The molecule has 0 nitrogen and oxygen atoms in total. The first-order valence-electron chi connectivity index (χ1n) is 8.54. The van der Waals surface area contributed by atoms with Crippen LogP contribution in [-0.4, -0.2) is 0 Å². The molecule has 0 radical (unpaired) electrons. The maximum absolute atomic E-state index is 2.35. The minimum atomic E-state index is 1.02. The summed E-state index contributed by atoms with van der Waals surface area (Å²) >= 11 is 0. The maximum Gasteiger partial charge on any atom is -0.00240 e. The fourth-order valence-electron chi connectivity index (χ4n) is 3.52. The fraction of sp³-hybridized carbons (Fsp3) is 0.0833. The predicted octanol–water partition coefficient (Wildman–Crippen LogP) is 6.74. The van der Waals surface area contributed by atoms with E-state index in [-0.39, 0.29) is 0 Å². The molecule has 0 atom stereocenters. The predicted molar refractivity (Wildman–Crippen MR) is 104 cm³/mol. The number of fused-ring (bicyclic) bond motifs is 1. The molecule has 0 N–H and O–H groups in total. The van der Waals surface area contributed by atoms with E-state index >= 15 is 0 Å². The molecule has 0 saturated carbocycles. The molecule has 0 heterocycles. The van der Waals surface area contributed by atoms with Crippen molar-refractivity contribution in [1.29, 1.82) is 0 Å². The van der Waals surface area contributed by atoms with E-state index in [2.05, 4.69) is 97.9 Å². The highest BCUT2D eigenvalue weighted by molar-refractivity contribution is 6.05. The van der Waals surface area contributed by atoms with E-state index in [1.807, 2.05) is 0 Å². The van der Waals surface area contributed by atoms with Gasteiger partial charge in [0.05, 0.1) is 0 Å². The molecule has 116 valence electrons. The van der Waals surface area contributed by atoms with E-state index in [4.69, 9.17) is 0 Å². The third-order valence-corrected chi connectivity index (χ3v) is 4.64. The van der Waals surface area contributed by atoms with Crippen molar-refractivity contribution in [3.8, 4) is 22.3 Å². The van der Waals surface area contributed by atoms with Gasteiger partial charge in [-0.2, -0.15) is 0 Å². The first kappa shape index (κ1) is 14.7. The van der Waals surface area contributed by atoms with Crippen molar-refractivity contribution in [2.45, 2.75) is 13.3 Å². The fourth-order valence-corrected chi connectivity index (χ4v) is 3.52. The van der Waals surface area contributed by atoms with Crippen molar-refractivity contribution in [1.82, 2.24) is 0 Å². The Morgan fingerprint density at radius 2 is 1.12 bits per heavy atom. The lowest BCUT2D eigenvalue weighted by atomic mass is 9.85. The van der Waals surface area contributed by atoms with Crippen molar-refractivity contribution in [2.75, 3.05) is 0 Å². The second kappa shape index (κ2) is 6.33. The molecule has 0 aliphatic rings. The van der Waals surface area contributed by atoms with Crippen molar-refractivity contribution in [3.63, 3.8) is 0 Å². The number of aryl methyl sites for hydroxylation is 1. The smallest absolute Gasteiger partial charge is 0.00240 e. The third-order valence-electron chi connectivity index (χ3n) is 4.64. The Balaban J connectivity index is 2.16. The lowest BCUT2D eigenvalue weighted by molar-refractivity contribution is 1.15. The minimum absolute atomic E-state index is 1.02. The first-order chi connectivity index (χ1) is 11.9. The van der Waals surface area contributed by atoms with Crippen LogP contribution in [0.5, 0.6) is 0 Å². The Morgan fingerprint density at radius 1 is 0.583 bits per heavy atom. The number of hydrogen-bond donors (Lipinski definition) is 0. The number of hydrogen-bond acceptors (Lipinski definition) is 0. The number of benzene rings is 4. The van der Waals surface area contributed by atoms with E-state index in [9.17, 15) is 0 Å². The molecule has 0 unspecified atom stereocenters. The van der Waals surface area contributed by atoms with E-state index in [0.717, 1.165) is 6.42 Å². The van der Waals surface area contributed by atoms with Gasteiger partial charge in [0.25, 0.3) is 0 Å². The second-order valence-corrected chi connectivity index (χ2v) is 6.09. The van der Waals surface area contributed by atoms with Crippen LogP contribution in [0.25, 0.3) is 33.0 Å². The Kier molecular flexibility index (Phi) is 3.88. The van der Waals surface area contributed by atoms with E-state index < -0.39 is 0 Å². The zero-order chi connectivity index (χ0) is 16.4. The van der Waals surface area contributed by atoms with E-state index in [1.54, 1.807) is 0 Å². The van der Waals surface area contributed by atoms with Crippen LogP contribution in [0, 0.1) is 0 Å². The van der Waals surface area contributed by atoms with Gasteiger partial charge in [-0.25, -0.2) is 0 Å². The molecule has 4 aromatic carbocycles. The Bertz CT molecular complexity index is 967. The topological polar surface area (TPSA) is 0 Å². The molecule has 0 bridgehead atoms. The molecule has 0 amide bonds. The number of rotatable bonds is 3. The van der Waals surface area contributed by atoms with Gasteiger partial charge in [0.1, 0.15) is 0 Å². The summed E-state index contributed by atoms with van der Waals surface area (Å²) in [6.07, 6.45) is 1.02. The third kappa shape index (κ3) is 2.51. The molecular formula is C24H20. The summed E-state index contributed by atoms with van der Waals surface area (Å²) in [7, 11) is 0. The molecule has 24 heavy (non-hydrogen) atoms. The SMILES string of the molecule is CCc1cc2ccccc2c(-c2ccccc2)c1-c1ccccc1. The average molecular weight is 308 g/mol. The summed E-state index contributed by atoms with van der Waals surface area (Å²) in [5.74, 6) is 0. The lowest BCUT2D eigenvalue weighted by Crippen LogP contribution is -1.94. The molecule has 4 rings (SSSR count). The van der Waals surface area contributed by atoms with Gasteiger partial charge in [-0.05, 0) is 45.0 Å². The molecule has 0 spiro atoms. The van der Waals surface area contributed by atoms with Gasteiger partial charge in [-0.3, -0.25) is 0 Å². The Morgan fingerprint density at radius 3 is 1.75 bits per heavy atom. The van der Waals surface area contributed by atoms with Crippen LogP contribution in [0.2, 0.25) is 0 Å². The highest BCUT2D eigenvalue weighted by Gasteiger charge is 2.15. The molecule has 0 aliphatic carbocycles. The van der Waals surface area contributed by atoms with Crippen LogP contribution in [0.15, 0.2) is 91.0 Å². The lowest BCUT2D eigenvalue weighted by Gasteiger charge is -2.18. The summed E-state index contributed by atoms with van der Waals surface area (Å²) < 4.78 is 0. The van der Waals surface area contributed by atoms with Gasteiger partial charge in [0.2, 0.25) is 0 Å². The largest absolute Gasteiger partial charge is 0.0622 e. The molecule has 0 aromatic heterocycles. The summed E-state index contributed by atoms with van der Waals surface area (Å²) in [4.78, 5) is 0. The maximum atomic E-state index is 2.35. The molecule has 0 fully saturated rings. The van der Waals surface area contributed by atoms with Crippen LogP contribution in [0.4, 0.5) is 0 Å². The molecule has 4 aromatic rings. The van der Waals surface area contributed by atoms with Crippen molar-refractivity contribution >= 4 is 10.8 Å². The Hall–Kier alpha value is -2.86. The van der Waals surface area contributed by atoms with Crippen LogP contribution in [0.3, 0.4) is 0 Å². The van der Waals surface area contributed by atoms with Crippen molar-refractivity contribution < 1.29 is 0 Å². The van der Waals surface area contributed by atoms with Gasteiger partial charge >= 0.3 is 0 Å². The first-order valence-corrected chi connectivity index (χ1v) is 8.54. The Labute approximate surface area is 143 Å². The quantitative estimate of drug-likeness (QED) is 0.393. The highest BCUT2D eigenvalue weighted by Crippen LogP contribution is 2.40. The van der Waals surface area contributed by atoms with Crippen molar-refractivity contribution in [3.05, 3.63) is 96.6 Å². The van der Waals surface area contributed by atoms with Crippen LogP contribution in [0.1, 0.15) is 12.5 Å². The highest BCUT2D eigenvalue weighted by atomic mass is 14.2. The standard InChI is InChI=1S/C24H20/c1-2-18-17-21-15-9-10-16-22(21)24(20-13-7-4-8-14-20)23(18)19-11-5-3-6-12-19/h3-17H,2H2,1H3. The summed E-state index contributed by atoms with van der Waals surface area (Å²) in [5, 5.41) is 2.63. The van der Waals surface area contributed by atoms with Crippen molar-refractivity contribution in [2.24, 2.45) is 0 Å². The summed E-state index contributed by atoms with van der Waals surface area (Å²) in [6, 6.07) is 32.6. The normalized spacial score (nSPS) is 10.9. The van der Waals surface area contributed by atoms with E-state index in [0.29, 0.717) is 0 Å². The molecule has 0 saturated heterocycles. The molecule has 0 aliphatic heterocycles. The van der Waals surface area contributed by atoms with Crippen LogP contribution >= 0.6 is 0 Å². The van der Waals surface area contributed by atoms with Gasteiger partial charge in [-0.15, -0.1) is 0 Å². The van der Waals surface area contributed by atoms with Gasteiger partial charge in [0.15, 0.2) is 0 Å².